The van der Waals surface area contributed by atoms with Gasteiger partial charge in [-0.2, -0.15) is 0 Å². The van der Waals surface area contributed by atoms with Gasteiger partial charge >= 0.3 is 0 Å². The summed E-state index contributed by atoms with van der Waals surface area (Å²) in [5, 5.41) is 7.57. The molecule has 2 N–H and O–H groups in total. The Morgan fingerprint density at radius 3 is 2.87 bits per heavy atom. The molecule has 1 atom stereocenters. The van der Waals surface area contributed by atoms with Crippen LogP contribution in [0.1, 0.15) is 44.6 Å². The molecule has 0 spiro atoms. The highest BCUT2D eigenvalue weighted by molar-refractivity contribution is 6.30. The summed E-state index contributed by atoms with van der Waals surface area (Å²) in [5.74, 6) is 0.851. The van der Waals surface area contributed by atoms with E-state index in [2.05, 4.69) is 29.7 Å². The lowest BCUT2D eigenvalue weighted by molar-refractivity contribution is 0.0168. The molecule has 1 aromatic rings. The maximum atomic E-state index is 6.28. The number of halogens is 1. The highest BCUT2D eigenvalue weighted by Crippen LogP contribution is 2.36. The van der Waals surface area contributed by atoms with E-state index in [9.17, 15) is 0 Å². The van der Waals surface area contributed by atoms with Crippen molar-refractivity contribution in [3.05, 3.63) is 34.9 Å². The molecule has 2 heterocycles. The summed E-state index contributed by atoms with van der Waals surface area (Å²) in [6, 6.07) is 8.19. The quantitative estimate of drug-likeness (QED) is 0.333. The molecule has 0 saturated carbocycles. The summed E-state index contributed by atoms with van der Waals surface area (Å²) in [7, 11) is 0. The highest BCUT2D eigenvalue weighted by atomic mass is 35.5. The Bertz CT molecular complexity index is 659. The summed E-state index contributed by atoms with van der Waals surface area (Å²) in [6.45, 7) is 8.28. The van der Waals surface area contributed by atoms with Gasteiger partial charge in [-0.3, -0.25) is 4.99 Å². The summed E-state index contributed by atoms with van der Waals surface area (Å²) in [6.07, 6.45) is 5.40. The van der Waals surface area contributed by atoms with Crippen molar-refractivity contribution < 1.29 is 14.2 Å². The zero-order valence-corrected chi connectivity index (χ0v) is 18.9. The Balaban J connectivity index is 1.51. The lowest BCUT2D eigenvalue weighted by Crippen LogP contribution is -2.41. The van der Waals surface area contributed by atoms with Crippen LogP contribution in [0.4, 0.5) is 0 Å². The van der Waals surface area contributed by atoms with Gasteiger partial charge in [0, 0.05) is 50.0 Å². The van der Waals surface area contributed by atoms with Crippen molar-refractivity contribution >= 4 is 17.6 Å². The molecule has 30 heavy (non-hydrogen) atoms. The number of benzene rings is 1. The predicted molar refractivity (Wildman–Crippen MR) is 122 cm³/mol. The van der Waals surface area contributed by atoms with Crippen LogP contribution in [0, 0.1) is 0 Å². The van der Waals surface area contributed by atoms with Crippen LogP contribution in [0.25, 0.3) is 0 Å². The molecule has 0 aromatic heterocycles. The second kappa shape index (κ2) is 12.5. The van der Waals surface area contributed by atoms with E-state index in [0.29, 0.717) is 19.3 Å². The molecular weight excluding hydrogens is 402 g/mol. The summed E-state index contributed by atoms with van der Waals surface area (Å²) < 4.78 is 17.0. The van der Waals surface area contributed by atoms with Crippen molar-refractivity contribution in [3.63, 3.8) is 0 Å². The number of nitrogens with one attached hydrogen (secondary N) is 2. The molecule has 2 saturated heterocycles. The first kappa shape index (κ1) is 23.3. The van der Waals surface area contributed by atoms with Crippen LogP contribution in [-0.2, 0) is 19.6 Å². The number of rotatable bonds is 10. The average Bonchev–Trinajstić information content (AvgIpc) is 3.28. The largest absolute Gasteiger partial charge is 0.381 e. The maximum absolute atomic E-state index is 6.28. The molecule has 6 nitrogen and oxygen atoms in total. The normalized spacial score (nSPS) is 21.5. The monoisotopic (exact) mass is 437 g/mol. The number of guanidine groups is 1. The molecule has 2 fully saturated rings. The molecule has 1 unspecified atom stereocenters. The van der Waals surface area contributed by atoms with Crippen molar-refractivity contribution in [2.75, 3.05) is 52.7 Å². The third-order valence-corrected chi connectivity index (χ3v) is 6.09. The van der Waals surface area contributed by atoms with Gasteiger partial charge in [0.05, 0.1) is 19.3 Å². The molecule has 1 aromatic carbocycles. The Labute approximate surface area is 185 Å². The fourth-order valence-electron chi connectivity index (χ4n) is 4.06. The van der Waals surface area contributed by atoms with Crippen molar-refractivity contribution in [1.82, 2.24) is 10.6 Å². The third-order valence-electron chi connectivity index (χ3n) is 5.86. The number of aliphatic imine (C=N–C) groups is 1. The third kappa shape index (κ3) is 7.12. The van der Waals surface area contributed by atoms with Crippen LogP contribution in [0.15, 0.2) is 29.3 Å². The van der Waals surface area contributed by atoms with Crippen LogP contribution < -0.4 is 10.6 Å². The molecule has 0 aliphatic carbocycles. The Morgan fingerprint density at radius 2 is 2.13 bits per heavy atom. The Kier molecular flexibility index (Phi) is 9.72. The van der Waals surface area contributed by atoms with E-state index in [1.54, 1.807) is 0 Å². The average molecular weight is 438 g/mol. The maximum Gasteiger partial charge on any atom is 0.191 e. The topological polar surface area (TPSA) is 64.1 Å². The van der Waals surface area contributed by atoms with Crippen LogP contribution >= 0.6 is 11.6 Å². The predicted octanol–water partition coefficient (Wildman–Crippen LogP) is 3.53. The zero-order chi connectivity index (χ0) is 21.1. The SMILES string of the molecule is CCNC(=NCC1(c2cccc(Cl)c2)CCOCC1)NCCCOCC1CCCO1. The number of hydrogen-bond donors (Lipinski definition) is 2. The molecule has 0 bridgehead atoms. The van der Waals surface area contributed by atoms with Crippen LogP contribution in [0.2, 0.25) is 5.02 Å². The van der Waals surface area contributed by atoms with Crippen LogP contribution in [0.3, 0.4) is 0 Å². The molecule has 3 rings (SSSR count). The van der Waals surface area contributed by atoms with Gasteiger partial charge in [0.1, 0.15) is 0 Å². The molecule has 7 heteroatoms. The Hall–Kier alpha value is -1.34. The minimum absolute atomic E-state index is 0.0319. The van der Waals surface area contributed by atoms with E-state index in [0.717, 1.165) is 82.6 Å². The molecule has 0 radical (unpaired) electrons. The van der Waals surface area contributed by atoms with Gasteiger partial charge in [-0.1, -0.05) is 23.7 Å². The van der Waals surface area contributed by atoms with Gasteiger partial charge in [-0.05, 0) is 56.7 Å². The standard InChI is InChI=1S/C23H36ClN3O3/c1-2-25-22(26-11-5-12-29-17-21-8-4-13-30-21)27-18-23(9-14-28-15-10-23)19-6-3-7-20(24)16-19/h3,6-7,16,21H,2,4-5,8-15,17-18H2,1H3,(H2,25,26,27). The van der Waals surface area contributed by atoms with Gasteiger partial charge in [0.25, 0.3) is 0 Å². The second-order valence-electron chi connectivity index (χ2n) is 8.09. The first-order valence-corrected chi connectivity index (χ1v) is 11.6. The van der Waals surface area contributed by atoms with Crippen LogP contribution in [0.5, 0.6) is 0 Å². The van der Waals surface area contributed by atoms with E-state index in [1.165, 1.54) is 5.56 Å². The lowest BCUT2D eigenvalue weighted by Gasteiger charge is -2.36. The van der Waals surface area contributed by atoms with Crippen molar-refractivity contribution in [2.45, 2.75) is 50.5 Å². The fourth-order valence-corrected chi connectivity index (χ4v) is 4.25. The van der Waals surface area contributed by atoms with Crippen molar-refractivity contribution in [1.29, 1.82) is 0 Å². The van der Waals surface area contributed by atoms with Crippen molar-refractivity contribution in [2.24, 2.45) is 4.99 Å². The second-order valence-corrected chi connectivity index (χ2v) is 8.52. The van der Waals surface area contributed by atoms with E-state index >= 15 is 0 Å². The van der Waals surface area contributed by atoms with Gasteiger partial charge in [0.15, 0.2) is 5.96 Å². The van der Waals surface area contributed by atoms with E-state index < -0.39 is 0 Å². The molecule has 0 amide bonds. The minimum atomic E-state index is -0.0319. The smallest absolute Gasteiger partial charge is 0.191 e. The summed E-state index contributed by atoms with van der Waals surface area (Å²) >= 11 is 6.28. The number of nitrogens with zero attached hydrogens (tertiary/aromatic N) is 1. The van der Waals surface area contributed by atoms with E-state index in [1.807, 2.05) is 12.1 Å². The molecule has 2 aliphatic rings. The summed E-state index contributed by atoms with van der Waals surface area (Å²) in [4.78, 5) is 4.93. The lowest BCUT2D eigenvalue weighted by atomic mass is 9.74. The number of ether oxygens (including phenoxy) is 3. The van der Waals surface area contributed by atoms with Gasteiger partial charge < -0.3 is 24.8 Å². The summed E-state index contributed by atoms with van der Waals surface area (Å²) in [5.41, 5.74) is 1.22. The zero-order valence-electron chi connectivity index (χ0n) is 18.1. The molecular formula is C23H36ClN3O3. The first-order chi connectivity index (χ1) is 14.7. The van der Waals surface area contributed by atoms with E-state index in [4.69, 9.17) is 30.8 Å². The van der Waals surface area contributed by atoms with E-state index in [-0.39, 0.29) is 5.41 Å². The number of hydrogen-bond acceptors (Lipinski definition) is 4. The molecule has 168 valence electrons. The fraction of sp³-hybridized carbons (Fsp3) is 0.696. The minimum Gasteiger partial charge on any atom is -0.381 e. The van der Waals surface area contributed by atoms with Gasteiger partial charge in [-0.25, -0.2) is 0 Å². The van der Waals surface area contributed by atoms with Gasteiger partial charge in [-0.15, -0.1) is 0 Å². The first-order valence-electron chi connectivity index (χ1n) is 11.3. The molecule has 2 aliphatic heterocycles. The van der Waals surface area contributed by atoms with Crippen LogP contribution in [-0.4, -0.2) is 64.7 Å². The van der Waals surface area contributed by atoms with Crippen molar-refractivity contribution in [3.8, 4) is 0 Å². The van der Waals surface area contributed by atoms with Gasteiger partial charge in [0.2, 0.25) is 0 Å². The highest BCUT2D eigenvalue weighted by Gasteiger charge is 2.34. The Morgan fingerprint density at radius 1 is 1.27 bits per heavy atom.